The lowest BCUT2D eigenvalue weighted by Crippen LogP contribution is -2.26. The van der Waals surface area contributed by atoms with Crippen LogP contribution < -0.4 is 10.6 Å². The van der Waals surface area contributed by atoms with Gasteiger partial charge in [0.05, 0.1) is 16.4 Å². The van der Waals surface area contributed by atoms with Gasteiger partial charge in [-0.25, -0.2) is 0 Å². The van der Waals surface area contributed by atoms with E-state index in [1.165, 1.54) is 6.92 Å². The first-order valence-corrected chi connectivity index (χ1v) is 8.20. The zero-order valence-electron chi connectivity index (χ0n) is 13.2. The summed E-state index contributed by atoms with van der Waals surface area (Å²) in [6, 6.07) is 10.1. The molecule has 7 heteroatoms. The molecule has 1 heterocycles. The molecule has 1 aromatic carbocycles. The third-order valence-electron chi connectivity index (χ3n) is 3.24. The maximum atomic E-state index is 12.0. The van der Waals surface area contributed by atoms with Crippen molar-refractivity contribution in [3.8, 4) is 0 Å². The quantitative estimate of drug-likeness (QED) is 0.664. The number of hydrogen-bond donors (Lipinski definition) is 3. The van der Waals surface area contributed by atoms with Crippen LogP contribution in [0.25, 0.3) is 0 Å². The number of carbonyl (C=O) groups excluding carboxylic acids is 3. The second-order valence-electron chi connectivity index (χ2n) is 5.08. The molecule has 3 N–H and O–H groups in total. The molecular weight excluding hydrogens is 328 g/mol. The molecule has 24 heavy (non-hydrogen) atoms. The van der Waals surface area contributed by atoms with Crippen LogP contribution >= 0.6 is 11.3 Å². The van der Waals surface area contributed by atoms with Crippen molar-refractivity contribution in [3.63, 3.8) is 0 Å². The number of thiophene rings is 1. The van der Waals surface area contributed by atoms with E-state index in [4.69, 9.17) is 5.11 Å². The molecule has 0 atom stereocenters. The SMILES string of the molecule is CC(=O)c1ccc(C(=O)NCc2ccc(C(=O)NCCO)cc2)s1. The van der Waals surface area contributed by atoms with Gasteiger partial charge in [0.15, 0.2) is 5.78 Å². The Morgan fingerprint density at radius 3 is 2.21 bits per heavy atom. The van der Waals surface area contributed by atoms with Crippen molar-refractivity contribution in [2.45, 2.75) is 13.5 Å². The summed E-state index contributed by atoms with van der Waals surface area (Å²) in [6.07, 6.45) is 0. The molecule has 0 saturated carbocycles. The van der Waals surface area contributed by atoms with Crippen LogP contribution in [-0.4, -0.2) is 35.9 Å². The van der Waals surface area contributed by atoms with Crippen molar-refractivity contribution >= 4 is 28.9 Å². The summed E-state index contributed by atoms with van der Waals surface area (Å²) in [5.41, 5.74) is 1.34. The number of carbonyl (C=O) groups is 3. The molecule has 2 aromatic rings. The number of hydrogen-bond acceptors (Lipinski definition) is 5. The van der Waals surface area contributed by atoms with Crippen LogP contribution in [0.2, 0.25) is 0 Å². The normalized spacial score (nSPS) is 10.2. The highest BCUT2D eigenvalue weighted by molar-refractivity contribution is 7.15. The molecule has 0 aliphatic rings. The third-order valence-corrected chi connectivity index (χ3v) is 4.43. The van der Waals surface area contributed by atoms with Crippen LogP contribution in [0.15, 0.2) is 36.4 Å². The maximum absolute atomic E-state index is 12.0. The van der Waals surface area contributed by atoms with Gasteiger partial charge in [0.25, 0.3) is 11.8 Å². The number of nitrogens with one attached hydrogen (secondary N) is 2. The predicted molar refractivity (Wildman–Crippen MR) is 91.4 cm³/mol. The van der Waals surface area contributed by atoms with Crippen LogP contribution in [-0.2, 0) is 6.54 Å². The standard InChI is InChI=1S/C17H18N2O4S/c1-11(21)14-6-7-15(24-14)17(23)19-10-12-2-4-13(5-3-12)16(22)18-8-9-20/h2-7,20H,8-10H2,1H3,(H,18,22)(H,19,23). The van der Waals surface area contributed by atoms with E-state index in [9.17, 15) is 14.4 Å². The molecule has 2 rings (SSSR count). The number of rotatable bonds is 7. The first-order valence-electron chi connectivity index (χ1n) is 7.38. The van der Waals surface area contributed by atoms with Gasteiger partial charge in [-0.2, -0.15) is 0 Å². The minimum atomic E-state index is -0.255. The molecule has 0 unspecified atom stereocenters. The molecule has 0 radical (unpaired) electrons. The molecule has 0 saturated heterocycles. The Hall–Kier alpha value is -2.51. The smallest absolute Gasteiger partial charge is 0.261 e. The molecule has 126 valence electrons. The number of ketones is 1. The van der Waals surface area contributed by atoms with E-state index in [-0.39, 0.29) is 30.7 Å². The highest BCUT2D eigenvalue weighted by Gasteiger charge is 2.11. The van der Waals surface area contributed by atoms with Gasteiger partial charge in [0, 0.05) is 18.7 Å². The Morgan fingerprint density at radius 1 is 0.958 bits per heavy atom. The predicted octanol–water partition coefficient (Wildman–Crippen LogP) is 1.60. The fourth-order valence-corrected chi connectivity index (χ4v) is 2.78. The third kappa shape index (κ3) is 4.74. The number of amides is 2. The minimum Gasteiger partial charge on any atom is -0.395 e. The molecule has 1 aromatic heterocycles. The van der Waals surface area contributed by atoms with Crippen molar-refractivity contribution in [1.82, 2.24) is 10.6 Å². The highest BCUT2D eigenvalue weighted by Crippen LogP contribution is 2.17. The molecule has 2 amide bonds. The lowest BCUT2D eigenvalue weighted by atomic mass is 10.1. The molecule has 0 aliphatic heterocycles. The summed E-state index contributed by atoms with van der Waals surface area (Å²) in [6.45, 7) is 1.89. The van der Waals surface area contributed by atoms with Crippen LogP contribution in [0, 0.1) is 0 Å². The van der Waals surface area contributed by atoms with E-state index >= 15 is 0 Å². The van der Waals surface area contributed by atoms with Gasteiger partial charge >= 0.3 is 0 Å². The highest BCUT2D eigenvalue weighted by atomic mass is 32.1. The zero-order valence-corrected chi connectivity index (χ0v) is 14.0. The molecular formula is C17H18N2O4S. The summed E-state index contributed by atoms with van der Waals surface area (Å²) in [5, 5.41) is 14.0. The number of benzene rings is 1. The average Bonchev–Trinajstić information content (AvgIpc) is 3.08. The summed E-state index contributed by atoms with van der Waals surface area (Å²) in [5.74, 6) is -0.554. The van der Waals surface area contributed by atoms with Gasteiger partial charge in [0.2, 0.25) is 0 Å². The Kier molecular flexibility index (Phi) is 6.22. The molecule has 0 aliphatic carbocycles. The number of aliphatic hydroxyl groups excluding tert-OH is 1. The summed E-state index contributed by atoms with van der Waals surface area (Å²) < 4.78 is 0. The summed E-state index contributed by atoms with van der Waals surface area (Å²) in [4.78, 5) is 36.0. The van der Waals surface area contributed by atoms with E-state index in [0.717, 1.165) is 16.9 Å². The average molecular weight is 346 g/mol. The Balaban J connectivity index is 1.90. The molecule has 0 bridgehead atoms. The van der Waals surface area contributed by atoms with E-state index in [0.29, 0.717) is 21.9 Å². The minimum absolute atomic E-state index is 0.0610. The van der Waals surface area contributed by atoms with E-state index < -0.39 is 0 Å². The van der Waals surface area contributed by atoms with E-state index in [1.807, 2.05) is 0 Å². The van der Waals surface area contributed by atoms with Crippen LogP contribution in [0.5, 0.6) is 0 Å². The Bertz CT molecular complexity index is 737. The molecule has 0 spiro atoms. The first-order chi connectivity index (χ1) is 11.5. The molecule has 6 nitrogen and oxygen atoms in total. The van der Waals surface area contributed by atoms with E-state index in [2.05, 4.69) is 10.6 Å². The first kappa shape index (κ1) is 17.8. The number of aliphatic hydroxyl groups is 1. The van der Waals surface area contributed by atoms with Crippen molar-refractivity contribution in [1.29, 1.82) is 0 Å². The summed E-state index contributed by atoms with van der Waals surface area (Å²) >= 11 is 1.16. The largest absolute Gasteiger partial charge is 0.395 e. The van der Waals surface area contributed by atoms with Crippen LogP contribution in [0.3, 0.4) is 0 Å². The van der Waals surface area contributed by atoms with Gasteiger partial charge in [-0.3, -0.25) is 14.4 Å². The Labute approximate surface area is 143 Å². The van der Waals surface area contributed by atoms with Crippen molar-refractivity contribution < 1.29 is 19.5 Å². The number of Topliss-reactive ketones (excluding diaryl/α,β-unsaturated/α-hetero) is 1. The van der Waals surface area contributed by atoms with Crippen molar-refractivity contribution in [3.05, 3.63) is 57.3 Å². The lowest BCUT2D eigenvalue weighted by molar-refractivity contribution is 0.0939. The lowest BCUT2D eigenvalue weighted by Gasteiger charge is -2.06. The fraction of sp³-hybridized carbons (Fsp3) is 0.235. The van der Waals surface area contributed by atoms with Crippen LogP contribution in [0.1, 0.15) is 42.2 Å². The van der Waals surface area contributed by atoms with Gasteiger partial charge in [-0.1, -0.05) is 12.1 Å². The fourth-order valence-electron chi connectivity index (χ4n) is 1.96. The van der Waals surface area contributed by atoms with Gasteiger partial charge in [-0.15, -0.1) is 11.3 Å². The van der Waals surface area contributed by atoms with Crippen molar-refractivity contribution in [2.24, 2.45) is 0 Å². The monoisotopic (exact) mass is 346 g/mol. The summed E-state index contributed by atoms with van der Waals surface area (Å²) in [7, 11) is 0. The second kappa shape index (κ2) is 8.37. The maximum Gasteiger partial charge on any atom is 0.261 e. The van der Waals surface area contributed by atoms with Gasteiger partial charge in [-0.05, 0) is 36.8 Å². The topological polar surface area (TPSA) is 95.5 Å². The van der Waals surface area contributed by atoms with Crippen molar-refractivity contribution in [2.75, 3.05) is 13.2 Å². The van der Waals surface area contributed by atoms with Gasteiger partial charge < -0.3 is 15.7 Å². The van der Waals surface area contributed by atoms with Gasteiger partial charge in [0.1, 0.15) is 0 Å². The van der Waals surface area contributed by atoms with Crippen LogP contribution in [0.4, 0.5) is 0 Å². The molecule has 0 fully saturated rings. The zero-order chi connectivity index (χ0) is 17.5. The second-order valence-corrected chi connectivity index (χ2v) is 6.16. The van der Waals surface area contributed by atoms with E-state index in [1.54, 1.807) is 36.4 Å². The Morgan fingerprint density at radius 2 is 1.62 bits per heavy atom.